The molecule has 0 fully saturated rings. The molecule has 1 amide bonds. The molecule has 1 aromatic carbocycles. The summed E-state index contributed by atoms with van der Waals surface area (Å²) in [5.74, 6) is -1.49. The van der Waals surface area contributed by atoms with E-state index < -0.39 is 11.9 Å². The van der Waals surface area contributed by atoms with Gasteiger partial charge in [0.05, 0.1) is 6.42 Å². The Labute approximate surface area is 97.3 Å². The zero-order chi connectivity index (χ0) is 12.1. The monoisotopic (exact) mass is 239 g/mol. The van der Waals surface area contributed by atoms with Crippen LogP contribution in [0.4, 0.5) is 0 Å². The van der Waals surface area contributed by atoms with Crippen LogP contribution in [-0.2, 0) is 16.0 Å². The SMILES string of the molecule is NC(=O)C=Cc1ccc(CC(=O)O)c(Cl)c1. The maximum Gasteiger partial charge on any atom is 0.307 e. The van der Waals surface area contributed by atoms with E-state index in [2.05, 4.69) is 0 Å². The highest BCUT2D eigenvalue weighted by Gasteiger charge is 2.05. The van der Waals surface area contributed by atoms with Crippen molar-refractivity contribution in [3.63, 3.8) is 0 Å². The van der Waals surface area contributed by atoms with Crippen molar-refractivity contribution in [1.82, 2.24) is 0 Å². The molecule has 0 unspecified atom stereocenters. The molecule has 16 heavy (non-hydrogen) atoms. The van der Waals surface area contributed by atoms with E-state index in [0.717, 1.165) is 0 Å². The van der Waals surface area contributed by atoms with E-state index in [1.54, 1.807) is 18.2 Å². The summed E-state index contributed by atoms with van der Waals surface area (Å²) in [7, 11) is 0. The Morgan fingerprint density at radius 2 is 2.12 bits per heavy atom. The molecule has 0 saturated heterocycles. The number of nitrogens with two attached hydrogens (primary N) is 1. The van der Waals surface area contributed by atoms with Gasteiger partial charge in [-0.05, 0) is 23.3 Å². The molecule has 0 aromatic heterocycles. The van der Waals surface area contributed by atoms with Crippen LogP contribution >= 0.6 is 11.6 Å². The number of carbonyl (C=O) groups is 2. The third kappa shape index (κ3) is 3.74. The van der Waals surface area contributed by atoms with Gasteiger partial charge in [0.15, 0.2) is 0 Å². The lowest BCUT2D eigenvalue weighted by molar-refractivity contribution is -0.136. The number of aliphatic carboxylic acids is 1. The number of amides is 1. The largest absolute Gasteiger partial charge is 0.481 e. The molecule has 0 heterocycles. The maximum absolute atomic E-state index is 10.5. The highest BCUT2D eigenvalue weighted by Crippen LogP contribution is 2.19. The Kier molecular flexibility index (Phi) is 4.08. The average molecular weight is 240 g/mol. The van der Waals surface area contributed by atoms with Gasteiger partial charge in [-0.1, -0.05) is 23.7 Å². The molecule has 0 aliphatic heterocycles. The molecule has 5 heteroatoms. The molecule has 1 aromatic rings. The van der Waals surface area contributed by atoms with Crippen molar-refractivity contribution >= 4 is 29.6 Å². The molecule has 0 aliphatic carbocycles. The van der Waals surface area contributed by atoms with Crippen LogP contribution in [0, 0.1) is 0 Å². The van der Waals surface area contributed by atoms with Gasteiger partial charge in [0.25, 0.3) is 0 Å². The van der Waals surface area contributed by atoms with Gasteiger partial charge in [0.2, 0.25) is 5.91 Å². The molecule has 84 valence electrons. The Hall–Kier alpha value is -1.81. The van der Waals surface area contributed by atoms with Crippen LogP contribution in [0.2, 0.25) is 5.02 Å². The van der Waals surface area contributed by atoms with Gasteiger partial charge < -0.3 is 10.8 Å². The van der Waals surface area contributed by atoms with E-state index in [0.29, 0.717) is 16.1 Å². The minimum Gasteiger partial charge on any atom is -0.481 e. The number of carboxylic acids is 1. The molecule has 1 rings (SSSR count). The van der Waals surface area contributed by atoms with Gasteiger partial charge in [-0.15, -0.1) is 0 Å². The lowest BCUT2D eigenvalue weighted by atomic mass is 10.1. The van der Waals surface area contributed by atoms with E-state index in [1.807, 2.05) is 0 Å². The van der Waals surface area contributed by atoms with Crippen molar-refractivity contribution in [2.45, 2.75) is 6.42 Å². The molecular formula is C11H10ClNO3. The van der Waals surface area contributed by atoms with Gasteiger partial charge in [-0.25, -0.2) is 0 Å². The minimum absolute atomic E-state index is 0.126. The highest BCUT2D eigenvalue weighted by molar-refractivity contribution is 6.31. The van der Waals surface area contributed by atoms with Crippen molar-refractivity contribution in [3.8, 4) is 0 Å². The normalized spacial score (nSPS) is 10.6. The second-order valence-electron chi connectivity index (χ2n) is 3.16. The van der Waals surface area contributed by atoms with Crippen molar-refractivity contribution in [2.24, 2.45) is 5.73 Å². The number of rotatable bonds is 4. The van der Waals surface area contributed by atoms with Crippen molar-refractivity contribution in [1.29, 1.82) is 0 Å². The first-order valence-electron chi connectivity index (χ1n) is 4.47. The smallest absolute Gasteiger partial charge is 0.307 e. The van der Waals surface area contributed by atoms with Gasteiger partial charge in [-0.3, -0.25) is 9.59 Å². The molecule has 0 spiro atoms. The second-order valence-corrected chi connectivity index (χ2v) is 3.56. The molecule has 0 radical (unpaired) electrons. The molecule has 4 nitrogen and oxygen atoms in total. The maximum atomic E-state index is 10.5. The Morgan fingerprint density at radius 1 is 1.44 bits per heavy atom. The number of primary amides is 1. The van der Waals surface area contributed by atoms with Gasteiger partial charge in [-0.2, -0.15) is 0 Å². The topological polar surface area (TPSA) is 80.4 Å². The Balaban J connectivity index is 2.90. The Bertz CT molecular complexity index is 455. The van der Waals surface area contributed by atoms with Crippen LogP contribution in [0.3, 0.4) is 0 Å². The zero-order valence-electron chi connectivity index (χ0n) is 8.31. The quantitative estimate of drug-likeness (QED) is 0.781. The summed E-state index contributed by atoms with van der Waals surface area (Å²) in [5, 5.41) is 8.96. The first-order valence-corrected chi connectivity index (χ1v) is 4.84. The summed E-state index contributed by atoms with van der Waals surface area (Å²) in [6.45, 7) is 0. The van der Waals surface area contributed by atoms with Crippen molar-refractivity contribution in [3.05, 3.63) is 40.4 Å². The molecule has 3 N–H and O–H groups in total. The van der Waals surface area contributed by atoms with Crippen molar-refractivity contribution in [2.75, 3.05) is 0 Å². The van der Waals surface area contributed by atoms with Gasteiger partial charge in [0, 0.05) is 11.1 Å². The number of hydrogen-bond acceptors (Lipinski definition) is 2. The molecule has 0 aliphatic rings. The zero-order valence-corrected chi connectivity index (χ0v) is 9.07. The predicted molar refractivity (Wildman–Crippen MR) is 61.0 cm³/mol. The van der Waals surface area contributed by atoms with Crippen LogP contribution < -0.4 is 5.73 Å². The number of carbonyl (C=O) groups excluding carboxylic acids is 1. The van der Waals surface area contributed by atoms with E-state index in [9.17, 15) is 9.59 Å². The molecule has 0 atom stereocenters. The van der Waals surface area contributed by atoms with Gasteiger partial charge in [0.1, 0.15) is 0 Å². The first kappa shape index (κ1) is 12.3. The van der Waals surface area contributed by atoms with Crippen molar-refractivity contribution < 1.29 is 14.7 Å². The van der Waals surface area contributed by atoms with Gasteiger partial charge >= 0.3 is 5.97 Å². The lowest BCUT2D eigenvalue weighted by Gasteiger charge is -2.02. The number of benzene rings is 1. The Morgan fingerprint density at radius 3 is 2.62 bits per heavy atom. The summed E-state index contributed by atoms with van der Waals surface area (Å²) in [6.07, 6.45) is 2.60. The number of hydrogen-bond donors (Lipinski definition) is 2. The summed E-state index contributed by atoms with van der Waals surface area (Å²) in [5.41, 5.74) is 6.16. The van der Waals surface area contributed by atoms with Crippen LogP contribution in [0.1, 0.15) is 11.1 Å². The number of halogens is 1. The van der Waals surface area contributed by atoms with Crippen LogP contribution in [-0.4, -0.2) is 17.0 Å². The highest BCUT2D eigenvalue weighted by atomic mass is 35.5. The summed E-state index contributed by atoms with van der Waals surface area (Å²) in [6, 6.07) is 4.86. The summed E-state index contributed by atoms with van der Waals surface area (Å²) < 4.78 is 0. The standard InChI is InChI=1S/C11H10ClNO3/c12-9-5-7(2-4-10(13)14)1-3-8(9)6-11(15)16/h1-5H,6H2,(H2,13,14)(H,15,16). The fourth-order valence-electron chi connectivity index (χ4n) is 1.15. The van der Waals surface area contributed by atoms with Crippen LogP contribution in [0.15, 0.2) is 24.3 Å². The lowest BCUT2D eigenvalue weighted by Crippen LogP contribution is -2.05. The molecule has 0 bridgehead atoms. The van der Waals surface area contributed by atoms with Crippen LogP contribution in [0.5, 0.6) is 0 Å². The third-order valence-electron chi connectivity index (χ3n) is 1.86. The molecular weight excluding hydrogens is 230 g/mol. The second kappa shape index (κ2) is 5.32. The van der Waals surface area contributed by atoms with E-state index >= 15 is 0 Å². The first-order chi connectivity index (χ1) is 7.49. The van der Waals surface area contributed by atoms with E-state index in [4.69, 9.17) is 22.4 Å². The fraction of sp³-hybridized carbons (Fsp3) is 0.0909. The summed E-state index contributed by atoms with van der Waals surface area (Å²) in [4.78, 5) is 21.0. The summed E-state index contributed by atoms with van der Waals surface area (Å²) >= 11 is 5.88. The van der Waals surface area contributed by atoms with Crippen LogP contribution in [0.25, 0.3) is 6.08 Å². The number of carboxylic acid groups (broad SMARTS) is 1. The predicted octanol–water partition coefficient (Wildman–Crippen LogP) is 1.47. The minimum atomic E-state index is -0.942. The van der Waals surface area contributed by atoms with E-state index in [-0.39, 0.29) is 6.42 Å². The van der Waals surface area contributed by atoms with E-state index in [1.165, 1.54) is 12.2 Å². The molecule has 0 saturated carbocycles. The fourth-order valence-corrected chi connectivity index (χ4v) is 1.41. The third-order valence-corrected chi connectivity index (χ3v) is 2.21. The average Bonchev–Trinajstić information content (AvgIpc) is 2.18.